The van der Waals surface area contributed by atoms with E-state index >= 15 is 0 Å². The van der Waals surface area contributed by atoms with Crippen LogP contribution < -0.4 is 15.5 Å². The summed E-state index contributed by atoms with van der Waals surface area (Å²) >= 11 is 0. The van der Waals surface area contributed by atoms with Crippen LogP contribution in [0.3, 0.4) is 0 Å². The number of ether oxygens (including phenoxy) is 1. The first kappa shape index (κ1) is 13.4. The van der Waals surface area contributed by atoms with Crippen LogP contribution in [0, 0.1) is 0 Å². The van der Waals surface area contributed by atoms with Crippen molar-refractivity contribution in [2.75, 3.05) is 42.8 Å². The van der Waals surface area contributed by atoms with Crippen LogP contribution in [-0.2, 0) is 4.74 Å². The van der Waals surface area contributed by atoms with Gasteiger partial charge in [-0.2, -0.15) is 15.0 Å². The largest absolute Gasteiger partial charge is 0.374 e. The highest BCUT2D eigenvalue weighted by atomic mass is 16.5. The summed E-state index contributed by atoms with van der Waals surface area (Å²) in [5.41, 5.74) is 5.83. The number of nitrogens with two attached hydrogens (primary N) is 1. The molecule has 0 bridgehead atoms. The first-order valence-electron chi connectivity index (χ1n) is 7.22. The van der Waals surface area contributed by atoms with Gasteiger partial charge < -0.3 is 20.3 Å². The van der Waals surface area contributed by atoms with Gasteiger partial charge in [0.15, 0.2) is 0 Å². The van der Waals surface area contributed by atoms with E-state index in [4.69, 9.17) is 10.5 Å². The van der Waals surface area contributed by atoms with Crippen molar-refractivity contribution in [3.8, 4) is 0 Å². The van der Waals surface area contributed by atoms with Crippen molar-refractivity contribution < 1.29 is 4.74 Å². The van der Waals surface area contributed by atoms with E-state index in [9.17, 15) is 0 Å². The van der Waals surface area contributed by atoms with Crippen LogP contribution in [0.5, 0.6) is 0 Å². The molecule has 1 saturated heterocycles. The van der Waals surface area contributed by atoms with Crippen LogP contribution in [0.2, 0.25) is 0 Å². The van der Waals surface area contributed by atoms with Gasteiger partial charge in [-0.15, -0.1) is 0 Å². The van der Waals surface area contributed by atoms with E-state index in [1.165, 1.54) is 12.8 Å². The zero-order chi connectivity index (χ0) is 14.1. The van der Waals surface area contributed by atoms with E-state index in [2.05, 4.69) is 19.9 Å². The van der Waals surface area contributed by atoms with Gasteiger partial charge in [0.1, 0.15) is 0 Å². The number of aromatic nitrogens is 3. The Morgan fingerprint density at radius 2 is 2.00 bits per heavy atom. The number of hydrogen-bond donors (Lipinski definition) is 1. The summed E-state index contributed by atoms with van der Waals surface area (Å²) in [5, 5.41) is 0. The number of morpholine rings is 1. The molecule has 2 heterocycles. The Labute approximate surface area is 119 Å². The average molecular weight is 278 g/mol. The molecule has 20 heavy (non-hydrogen) atoms. The Bertz CT molecular complexity index is 478. The third kappa shape index (κ3) is 2.49. The summed E-state index contributed by atoms with van der Waals surface area (Å²) in [5.74, 6) is 1.56. The minimum Gasteiger partial charge on any atom is -0.374 e. The Morgan fingerprint density at radius 1 is 1.20 bits per heavy atom. The van der Waals surface area contributed by atoms with E-state index in [0.29, 0.717) is 24.0 Å². The lowest BCUT2D eigenvalue weighted by Gasteiger charge is -2.43. The molecule has 110 valence electrons. The number of fused-ring (bicyclic) bond motifs is 1. The standard InChI is InChI=1S/C13H22N6O/c1-18(2)12-15-11(14)16-13(17-12)19-7-8-20-10-6-4-3-5-9(10)19/h9-10H,3-8H2,1-2H3,(H2,14,15,16,17). The van der Waals surface area contributed by atoms with Crippen LogP contribution in [0.1, 0.15) is 25.7 Å². The highest BCUT2D eigenvalue weighted by Crippen LogP contribution is 2.31. The quantitative estimate of drug-likeness (QED) is 0.851. The molecule has 0 spiro atoms. The summed E-state index contributed by atoms with van der Waals surface area (Å²) in [7, 11) is 3.81. The molecule has 2 N–H and O–H groups in total. The molecule has 7 heteroatoms. The smallest absolute Gasteiger partial charge is 0.232 e. The van der Waals surface area contributed by atoms with Crippen molar-refractivity contribution in [2.45, 2.75) is 37.8 Å². The summed E-state index contributed by atoms with van der Waals surface area (Å²) in [4.78, 5) is 17.1. The highest BCUT2D eigenvalue weighted by Gasteiger charge is 2.35. The predicted octanol–water partition coefficient (Wildman–Crippen LogP) is 0.668. The minimum absolute atomic E-state index is 0.276. The third-order valence-electron chi connectivity index (χ3n) is 4.02. The lowest BCUT2D eigenvalue weighted by atomic mass is 9.90. The maximum Gasteiger partial charge on any atom is 0.232 e. The monoisotopic (exact) mass is 278 g/mol. The van der Waals surface area contributed by atoms with E-state index in [1.54, 1.807) is 0 Å². The second-order valence-electron chi connectivity index (χ2n) is 5.64. The number of anilines is 3. The zero-order valence-electron chi connectivity index (χ0n) is 12.1. The maximum atomic E-state index is 5.89. The van der Waals surface area contributed by atoms with E-state index in [0.717, 1.165) is 26.0 Å². The zero-order valence-corrected chi connectivity index (χ0v) is 12.1. The van der Waals surface area contributed by atoms with Gasteiger partial charge in [-0.05, 0) is 12.8 Å². The Balaban J connectivity index is 1.90. The van der Waals surface area contributed by atoms with Crippen molar-refractivity contribution in [2.24, 2.45) is 0 Å². The van der Waals surface area contributed by atoms with Crippen LogP contribution in [0.15, 0.2) is 0 Å². The van der Waals surface area contributed by atoms with E-state index in [1.807, 2.05) is 19.0 Å². The normalized spacial score (nSPS) is 26.2. The second-order valence-corrected chi connectivity index (χ2v) is 5.64. The van der Waals surface area contributed by atoms with Crippen LogP contribution in [-0.4, -0.2) is 54.3 Å². The molecule has 1 aromatic rings. The first-order valence-corrected chi connectivity index (χ1v) is 7.22. The fourth-order valence-corrected chi connectivity index (χ4v) is 3.04. The van der Waals surface area contributed by atoms with Gasteiger partial charge in [0.25, 0.3) is 0 Å². The summed E-state index contributed by atoms with van der Waals surface area (Å²) < 4.78 is 5.89. The fraction of sp³-hybridized carbons (Fsp3) is 0.769. The molecule has 1 aliphatic carbocycles. The number of rotatable bonds is 2. The molecule has 2 fully saturated rings. The molecule has 2 atom stereocenters. The Morgan fingerprint density at radius 3 is 2.80 bits per heavy atom. The average Bonchev–Trinajstić information content (AvgIpc) is 2.46. The topological polar surface area (TPSA) is 80.4 Å². The molecule has 0 amide bonds. The first-order chi connectivity index (χ1) is 9.65. The molecule has 1 aromatic heterocycles. The van der Waals surface area contributed by atoms with Crippen molar-refractivity contribution in [3.05, 3.63) is 0 Å². The van der Waals surface area contributed by atoms with Gasteiger partial charge in [-0.3, -0.25) is 0 Å². The molecular weight excluding hydrogens is 256 g/mol. The van der Waals surface area contributed by atoms with E-state index < -0.39 is 0 Å². The van der Waals surface area contributed by atoms with Gasteiger partial charge in [-0.25, -0.2) is 0 Å². The summed E-state index contributed by atoms with van der Waals surface area (Å²) in [6.07, 6.45) is 5.05. The third-order valence-corrected chi connectivity index (χ3v) is 4.02. The van der Waals surface area contributed by atoms with Crippen LogP contribution in [0.4, 0.5) is 17.8 Å². The number of nitrogen functional groups attached to an aromatic ring is 1. The number of hydrogen-bond acceptors (Lipinski definition) is 7. The van der Waals surface area contributed by atoms with Crippen molar-refractivity contribution in [3.63, 3.8) is 0 Å². The highest BCUT2D eigenvalue weighted by molar-refractivity contribution is 5.44. The molecule has 2 unspecified atom stereocenters. The molecular formula is C13H22N6O. The maximum absolute atomic E-state index is 5.89. The number of nitrogens with zero attached hydrogens (tertiary/aromatic N) is 5. The van der Waals surface area contributed by atoms with E-state index in [-0.39, 0.29) is 5.95 Å². The molecule has 0 radical (unpaired) electrons. The van der Waals surface area contributed by atoms with Gasteiger partial charge in [0, 0.05) is 20.6 Å². The molecule has 3 rings (SSSR count). The van der Waals surface area contributed by atoms with Crippen LogP contribution in [0.25, 0.3) is 0 Å². The molecule has 7 nitrogen and oxygen atoms in total. The van der Waals surface area contributed by atoms with Gasteiger partial charge in [0.2, 0.25) is 17.8 Å². The van der Waals surface area contributed by atoms with Crippen LogP contribution >= 0.6 is 0 Å². The Kier molecular flexibility index (Phi) is 3.60. The lowest BCUT2D eigenvalue weighted by molar-refractivity contribution is -0.00931. The molecule has 1 aliphatic heterocycles. The van der Waals surface area contributed by atoms with Gasteiger partial charge in [-0.1, -0.05) is 12.8 Å². The summed E-state index contributed by atoms with van der Waals surface area (Å²) in [6, 6.07) is 0.370. The molecule has 0 aromatic carbocycles. The lowest BCUT2D eigenvalue weighted by Crippen LogP contribution is -2.53. The fourth-order valence-electron chi connectivity index (χ4n) is 3.04. The summed E-state index contributed by atoms with van der Waals surface area (Å²) in [6.45, 7) is 1.54. The Hall–Kier alpha value is -1.63. The van der Waals surface area contributed by atoms with Gasteiger partial charge >= 0.3 is 0 Å². The predicted molar refractivity (Wildman–Crippen MR) is 77.9 cm³/mol. The van der Waals surface area contributed by atoms with Crippen molar-refractivity contribution >= 4 is 17.8 Å². The molecule has 1 saturated carbocycles. The van der Waals surface area contributed by atoms with Crippen molar-refractivity contribution in [1.82, 2.24) is 15.0 Å². The van der Waals surface area contributed by atoms with Crippen molar-refractivity contribution in [1.29, 1.82) is 0 Å². The minimum atomic E-state index is 0.276. The molecule has 2 aliphatic rings. The SMILES string of the molecule is CN(C)c1nc(N)nc(N2CCOC3CCCCC32)n1. The van der Waals surface area contributed by atoms with Gasteiger partial charge in [0.05, 0.1) is 18.8 Å². The second kappa shape index (κ2) is 5.40.